The Kier molecular flexibility index (Phi) is 4.77. The molecule has 0 saturated carbocycles. The van der Waals surface area contributed by atoms with Crippen LogP contribution in [0.4, 0.5) is 0 Å². The third-order valence-corrected chi connectivity index (χ3v) is 3.53. The zero-order valence-electron chi connectivity index (χ0n) is 12.8. The van der Waals surface area contributed by atoms with Crippen molar-refractivity contribution in [2.75, 3.05) is 6.54 Å². The van der Waals surface area contributed by atoms with E-state index in [1.165, 1.54) is 0 Å². The molecule has 1 unspecified atom stereocenters. The van der Waals surface area contributed by atoms with Gasteiger partial charge in [-0.1, -0.05) is 39.3 Å². The van der Waals surface area contributed by atoms with E-state index in [-0.39, 0.29) is 11.5 Å². The Morgan fingerprint density at radius 1 is 1.25 bits per heavy atom. The number of benzene rings is 1. The molecule has 1 atom stereocenters. The summed E-state index contributed by atoms with van der Waals surface area (Å²) in [4.78, 5) is 0. The number of nitrogens with one attached hydrogen (secondary N) is 1. The summed E-state index contributed by atoms with van der Waals surface area (Å²) in [6.45, 7) is 9.95. The van der Waals surface area contributed by atoms with E-state index in [0.717, 1.165) is 41.1 Å². The third kappa shape index (κ3) is 4.00. The molecule has 2 rings (SSSR count). The molecule has 1 aromatic carbocycles. The summed E-state index contributed by atoms with van der Waals surface area (Å²) in [7, 11) is 0. The molecular formula is C17H24ClNO. The SMILES string of the molecule is CCCNC(CC(C)(C)C)c1cc2cc(Cl)ccc2o1. The van der Waals surface area contributed by atoms with E-state index in [2.05, 4.69) is 39.1 Å². The summed E-state index contributed by atoms with van der Waals surface area (Å²) in [6.07, 6.45) is 2.16. The minimum absolute atomic E-state index is 0.251. The van der Waals surface area contributed by atoms with Crippen LogP contribution < -0.4 is 5.32 Å². The van der Waals surface area contributed by atoms with Crippen molar-refractivity contribution in [1.82, 2.24) is 5.32 Å². The van der Waals surface area contributed by atoms with Gasteiger partial charge in [-0.25, -0.2) is 0 Å². The highest BCUT2D eigenvalue weighted by Crippen LogP contribution is 2.33. The minimum atomic E-state index is 0.251. The molecule has 1 aromatic heterocycles. The van der Waals surface area contributed by atoms with Crippen LogP contribution in [-0.4, -0.2) is 6.54 Å². The fourth-order valence-electron chi connectivity index (χ4n) is 2.41. The van der Waals surface area contributed by atoms with Crippen molar-refractivity contribution in [2.24, 2.45) is 5.41 Å². The number of halogens is 1. The molecule has 0 amide bonds. The molecule has 1 heterocycles. The van der Waals surface area contributed by atoms with E-state index in [4.69, 9.17) is 16.0 Å². The van der Waals surface area contributed by atoms with Crippen LogP contribution in [-0.2, 0) is 0 Å². The van der Waals surface area contributed by atoms with Crippen LogP contribution in [0.15, 0.2) is 28.7 Å². The first-order valence-corrected chi connectivity index (χ1v) is 7.69. The van der Waals surface area contributed by atoms with E-state index >= 15 is 0 Å². The van der Waals surface area contributed by atoms with E-state index in [0.29, 0.717) is 0 Å². The number of hydrogen-bond acceptors (Lipinski definition) is 2. The highest BCUT2D eigenvalue weighted by molar-refractivity contribution is 6.31. The van der Waals surface area contributed by atoms with Crippen molar-refractivity contribution < 1.29 is 4.42 Å². The van der Waals surface area contributed by atoms with E-state index in [1.807, 2.05) is 18.2 Å². The van der Waals surface area contributed by atoms with Gasteiger partial charge in [-0.05, 0) is 49.1 Å². The Balaban J connectivity index is 2.29. The molecule has 2 nitrogen and oxygen atoms in total. The minimum Gasteiger partial charge on any atom is -0.459 e. The van der Waals surface area contributed by atoms with Crippen molar-refractivity contribution >= 4 is 22.6 Å². The average molecular weight is 294 g/mol. The van der Waals surface area contributed by atoms with Crippen LogP contribution in [0.25, 0.3) is 11.0 Å². The van der Waals surface area contributed by atoms with E-state index in [1.54, 1.807) is 0 Å². The number of furan rings is 1. The molecule has 20 heavy (non-hydrogen) atoms. The summed E-state index contributed by atoms with van der Waals surface area (Å²) in [5.41, 5.74) is 1.16. The van der Waals surface area contributed by atoms with Crippen molar-refractivity contribution in [1.29, 1.82) is 0 Å². The Hall–Kier alpha value is -0.990. The Morgan fingerprint density at radius 3 is 2.65 bits per heavy atom. The van der Waals surface area contributed by atoms with Crippen molar-refractivity contribution in [3.8, 4) is 0 Å². The fraction of sp³-hybridized carbons (Fsp3) is 0.529. The fourth-order valence-corrected chi connectivity index (χ4v) is 2.59. The molecule has 0 fully saturated rings. The molecule has 1 N–H and O–H groups in total. The molecule has 3 heteroatoms. The maximum atomic E-state index is 6.04. The van der Waals surface area contributed by atoms with Crippen molar-refractivity contribution in [3.63, 3.8) is 0 Å². The molecule has 0 bridgehead atoms. The smallest absolute Gasteiger partial charge is 0.134 e. The molecular weight excluding hydrogens is 270 g/mol. The first-order valence-electron chi connectivity index (χ1n) is 7.31. The lowest BCUT2D eigenvalue weighted by Crippen LogP contribution is -2.26. The van der Waals surface area contributed by atoms with Crippen LogP contribution in [0.2, 0.25) is 5.02 Å². The molecule has 0 radical (unpaired) electrons. The van der Waals surface area contributed by atoms with Gasteiger partial charge in [-0.15, -0.1) is 0 Å². The molecule has 0 aliphatic carbocycles. The van der Waals surface area contributed by atoms with Crippen LogP contribution >= 0.6 is 11.6 Å². The van der Waals surface area contributed by atoms with E-state index in [9.17, 15) is 0 Å². The zero-order chi connectivity index (χ0) is 14.8. The lowest BCUT2D eigenvalue weighted by atomic mass is 9.87. The molecule has 0 spiro atoms. The van der Waals surface area contributed by atoms with Gasteiger partial charge in [0.25, 0.3) is 0 Å². The number of rotatable bonds is 5. The van der Waals surface area contributed by atoms with Crippen molar-refractivity contribution in [2.45, 2.75) is 46.6 Å². The van der Waals surface area contributed by atoms with Crippen LogP contribution in [0.5, 0.6) is 0 Å². The maximum absolute atomic E-state index is 6.04. The second kappa shape index (κ2) is 6.19. The van der Waals surface area contributed by atoms with Gasteiger partial charge in [0.15, 0.2) is 0 Å². The molecule has 0 aliphatic rings. The van der Waals surface area contributed by atoms with Crippen LogP contribution in [0.3, 0.4) is 0 Å². The quantitative estimate of drug-likeness (QED) is 0.780. The maximum Gasteiger partial charge on any atom is 0.134 e. The molecule has 110 valence electrons. The lowest BCUT2D eigenvalue weighted by molar-refractivity contribution is 0.287. The van der Waals surface area contributed by atoms with Crippen molar-refractivity contribution in [3.05, 3.63) is 35.0 Å². The Labute approximate surface area is 126 Å². The van der Waals surface area contributed by atoms with Gasteiger partial charge in [0.05, 0.1) is 6.04 Å². The molecule has 2 aromatic rings. The van der Waals surface area contributed by atoms with Gasteiger partial charge in [-0.3, -0.25) is 0 Å². The Bertz CT molecular complexity index is 568. The van der Waals surface area contributed by atoms with E-state index < -0.39 is 0 Å². The largest absolute Gasteiger partial charge is 0.459 e. The van der Waals surface area contributed by atoms with Gasteiger partial charge < -0.3 is 9.73 Å². The first-order chi connectivity index (χ1) is 9.39. The Morgan fingerprint density at radius 2 is 2.00 bits per heavy atom. The monoisotopic (exact) mass is 293 g/mol. The normalized spacial score (nSPS) is 13.8. The summed E-state index contributed by atoms with van der Waals surface area (Å²) in [5.74, 6) is 1.01. The summed E-state index contributed by atoms with van der Waals surface area (Å²) >= 11 is 6.04. The predicted molar refractivity (Wildman–Crippen MR) is 86.3 cm³/mol. The standard InChI is InChI=1S/C17H24ClNO/c1-5-8-19-14(11-17(2,3)4)16-10-12-9-13(18)6-7-15(12)20-16/h6-7,9-10,14,19H,5,8,11H2,1-4H3. The number of hydrogen-bond donors (Lipinski definition) is 1. The summed E-state index contributed by atoms with van der Waals surface area (Å²) in [6, 6.07) is 8.13. The van der Waals surface area contributed by atoms with Crippen LogP contribution in [0, 0.1) is 5.41 Å². The second-order valence-electron chi connectivity index (χ2n) is 6.60. The average Bonchev–Trinajstić information content (AvgIpc) is 2.75. The molecule has 0 aliphatic heterocycles. The summed E-state index contributed by atoms with van der Waals surface area (Å²) < 4.78 is 6.01. The van der Waals surface area contributed by atoms with Gasteiger partial charge >= 0.3 is 0 Å². The first kappa shape index (κ1) is 15.4. The summed E-state index contributed by atoms with van der Waals surface area (Å²) in [5, 5.41) is 5.41. The predicted octanol–water partition coefficient (Wildman–Crippen LogP) is 5.56. The second-order valence-corrected chi connectivity index (χ2v) is 7.04. The van der Waals surface area contributed by atoms with Gasteiger partial charge in [0, 0.05) is 10.4 Å². The van der Waals surface area contributed by atoms with Gasteiger partial charge in [-0.2, -0.15) is 0 Å². The zero-order valence-corrected chi connectivity index (χ0v) is 13.6. The van der Waals surface area contributed by atoms with Crippen LogP contribution in [0.1, 0.15) is 52.3 Å². The third-order valence-electron chi connectivity index (χ3n) is 3.30. The highest BCUT2D eigenvalue weighted by Gasteiger charge is 2.22. The lowest BCUT2D eigenvalue weighted by Gasteiger charge is -2.25. The van der Waals surface area contributed by atoms with Gasteiger partial charge in [0.2, 0.25) is 0 Å². The topological polar surface area (TPSA) is 25.2 Å². The molecule has 0 saturated heterocycles. The van der Waals surface area contributed by atoms with Gasteiger partial charge in [0.1, 0.15) is 11.3 Å². The number of fused-ring (bicyclic) bond motifs is 1. The highest BCUT2D eigenvalue weighted by atomic mass is 35.5.